The van der Waals surface area contributed by atoms with Crippen molar-refractivity contribution in [2.24, 2.45) is 5.92 Å². The number of carbonyl (C=O) groups is 3. The number of nitrogens with one attached hydrogen (secondary N) is 2. The molecule has 31 heavy (non-hydrogen) atoms. The molecule has 0 unspecified atom stereocenters. The first-order valence-electron chi connectivity index (χ1n) is 10.4. The maximum atomic E-state index is 12.3. The summed E-state index contributed by atoms with van der Waals surface area (Å²) in [6.45, 7) is 6.47. The molecule has 0 atom stereocenters. The minimum atomic E-state index is -0.506. The Morgan fingerprint density at radius 1 is 1.03 bits per heavy atom. The summed E-state index contributed by atoms with van der Waals surface area (Å²) < 4.78 is 10.6. The molecule has 0 aliphatic heterocycles. The summed E-state index contributed by atoms with van der Waals surface area (Å²) in [5.41, 5.74) is 1.83. The van der Waals surface area contributed by atoms with Gasteiger partial charge in [0, 0.05) is 13.0 Å². The number of rotatable bonds is 11. The molecule has 0 aliphatic rings. The van der Waals surface area contributed by atoms with Crippen LogP contribution in [0.3, 0.4) is 0 Å². The maximum absolute atomic E-state index is 12.3. The second kappa shape index (κ2) is 12.4. The number of ether oxygens (including phenoxy) is 2. The third-order valence-electron chi connectivity index (χ3n) is 4.26. The van der Waals surface area contributed by atoms with E-state index in [1.54, 1.807) is 24.3 Å². The van der Waals surface area contributed by atoms with Crippen LogP contribution in [0.5, 0.6) is 5.75 Å². The van der Waals surface area contributed by atoms with Gasteiger partial charge in [0.1, 0.15) is 5.75 Å². The molecule has 0 saturated heterocycles. The van der Waals surface area contributed by atoms with E-state index in [1.165, 1.54) is 0 Å². The SMILES string of the molecule is Cc1cccc(OCCCC(=O)OCC(=O)Nc2ccccc2C(=O)NCC(C)C)c1. The highest BCUT2D eigenvalue weighted by Gasteiger charge is 2.14. The number of hydrogen-bond acceptors (Lipinski definition) is 5. The highest BCUT2D eigenvalue weighted by Crippen LogP contribution is 2.15. The lowest BCUT2D eigenvalue weighted by Gasteiger charge is -2.12. The van der Waals surface area contributed by atoms with E-state index >= 15 is 0 Å². The van der Waals surface area contributed by atoms with Crippen LogP contribution in [-0.4, -0.2) is 37.5 Å². The Labute approximate surface area is 183 Å². The number of anilines is 1. The van der Waals surface area contributed by atoms with Crippen molar-refractivity contribution < 1.29 is 23.9 Å². The van der Waals surface area contributed by atoms with E-state index in [9.17, 15) is 14.4 Å². The third kappa shape index (κ3) is 8.90. The third-order valence-corrected chi connectivity index (χ3v) is 4.26. The predicted octanol–water partition coefficient (Wildman–Crippen LogP) is 3.72. The fourth-order valence-corrected chi connectivity index (χ4v) is 2.70. The summed E-state index contributed by atoms with van der Waals surface area (Å²) >= 11 is 0. The topological polar surface area (TPSA) is 93.7 Å². The van der Waals surface area contributed by atoms with Crippen LogP contribution in [0.1, 0.15) is 42.6 Å². The van der Waals surface area contributed by atoms with Gasteiger partial charge in [-0.2, -0.15) is 0 Å². The second-order valence-electron chi connectivity index (χ2n) is 7.63. The van der Waals surface area contributed by atoms with E-state index in [-0.39, 0.29) is 12.3 Å². The van der Waals surface area contributed by atoms with Crippen molar-refractivity contribution in [1.29, 1.82) is 0 Å². The molecule has 2 rings (SSSR count). The average molecular weight is 427 g/mol. The van der Waals surface area contributed by atoms with Crippen LogP contribution < -0.4 is 15.4 Å². The Morgan fingerprint density at radius 3 is 2.55 bits per heavy atom. The summed E-state index contributed by atoms with van der Waals surface area (Å²) in [6, 6.07) is 14.4. The predicted molar refractivity (Wildman–Crippen MR) is 119 cm³/mol. The first-order valence-corrected chi connectivity index (χ1v) is 10.4. The molecule has 166 valence electrons. The number of para-hydroxylation sites is 1. The van der Waals surface area contributed by atoms with Gasteiger partial charge in [-0.15, -0.1) is 0 Å². The minimum absolute atomic E-state index is 0.146. The second-order valence-corrected chi connectivity index (χ2v) is 7.63. The Hall–Kier alpha value is -3.35. The average Bonchev–Trinajstić information content (AvgIpc) is 2.74. The number of esters is 1. The van der Waals surface area contributed by atoms with Crippen molar-refractivity contribution in [3.63, 3.8) is 0 Å². The first-order chi connectivity index (χ1) is 14.8. The summed E-state index contributed by atoms with van der Waals surface area (Å²) in [4.78, 5) is 36.4. The van der Waals surface area contributed by atoms with E-state index < -0.39 is 18.5 Å². The van der Waals surface area contributed by atoms with Crippen LogP contribution in [0.25, 0.3) is 0 Å². The van der Waals surface area contributed by atoms with E-state index in [0.29, 0.717) is 36.7 Å². The van der Waals surface area contributed by atoms with Gasteiger partial charge < -0.3 is 20.1 Å². The number of amides is 2. The van der Waals surface area contributed by atoms with Crippen LogP contribution >= 0.6 is 0 Å². The molecule has 2 amide bonds. The molecular formula is C24H30N2O5. The Bertz CT molecular complexity index is 895. The molecule has 0 aliphatic carbocycles. The molecule has 7 heteroatoms. The molecule has 2 N–H and O–H groups in total. The van der Waals surface area contributed by atoms with Crippen molar-refractivity contribution in [3.05, 3.63) is 59.7 Å². The molecule has 0 saturated carbocycles. The Kier molecular flexibility index (Phi) is 9.55. The molecule has 0 radical (unpaired) electrons. The quantitative estimate of drug-likeness (QED) is 0.422. The van der Waals surface area contributed by atoms with Crippen molar-refractivity contribution in [2.45, 2.75) is 33.6 Å². The van der Waals surface area contributed by atoms with Gasteiger partial charge in [-0.25, -0.2) is 0 Å². The first kappa shape index (κ1) is 23.9. The molecular weight excluding hydrogens is 396 g/mol. The Morgan fingerprint density at radius 2 is 1.81 bits per heavy atom. The summed E-state index contributed by atoms with van der Waals surface area (Å²) in [6.07, 6.45) is 0.626. The highest BCUT2D eigenvalue weighted by molar-refractivity contribution is 6.04. The molecule has 7 nitrogen and oxygen atoms in total. The summed E-state index contributed by atoms with van der Waals surface area (Å²) in [5, 5.41) is 5.45. The van der Waals surface area contributed by atoms with Crippen molar-refractivity contribution in [3.8, 4) is 5.75 Å². The van der Waals surface area contributed by atoms with Crippen LogP contribution in [0.4, 0.5) is 5.69 Å². The number of hydrogen-bond donors (Lipinski definition) is 2. The lowest BCUT2D eigenvalue weighted by Crippen LogP contribution is -2.29. The lowest BCUT2D eigenvalue weighted by molar-refractivity contribution is -0.147. The van der Waals surface area contributed by atoms with E-state index in [4.69, 9.17) is 9.47 Å². The molecule has 2 aromatic rings. The Balaban J connectivity index is 1.72. The molecule has 0 bridgehead atoms. The zero-order valence-electron chi connectivity index (χ0n) is 18.3. The largest absolute Gasteiger partial charge is 0.494 e. The van der Waals surface area contributed by atoms with Gasteiger partial charge in [0.05, 0.1) is 17.9 Å². The molecule has 0 fully saturated rings. The highest BCUT2D eigenvalue weighted by atomic mass is 16.5. The van der Waals surface area contributed by atoms with Crippen LogP contribution in [0.15, 0.2) is 48.5 Å². The minimum Gasteiger partial charge on any atom is -0.494 e. The fourth-order valence-electron chi connectivity index (χ4n) is 2.70. The zero-order chi connectivity index (χ0) is 22.6. The molecule has 0 spiro atoms. The van der Waals surface area contributed by atoms with Crippen LogP contribution in [0.2, 0.25) is 0 Å². The van der Waals surface area contributed by atoms with E-state index in [0.717, 1.165) is 11.3 Å². The van der Waals surface area contributed by atoms with Gasteiger partial charge >= 0.3 is 5.97 Å². The van der Waals surface area contributed by atoms with Gasteiger partial charge in [0.2, 0.25) is 0 Å². The zero-order valence-corrected chi connectivity index (χ0v) is 18.3. The van der Waals surface area contributed by atoms with Crippen molar-refractivity contribution >= 4 is 23.5 Å². The van der Waals surface area contributed by atoms with Gasteiger partial charge in [0.15, 0.2) is 6.61 Å². The molecule has 0 aromatic heterocycles. The monoisotopic (exact) mass is 426 g/mol. The van der Waals surface area contributed by atoms with Gasteiger partial charge in [0.25, 0.3) is 11.8 Å². The van der Waals surface area contributed by atoms with E-state index in [1.807, 2.05) is 45.0 Å². The smallest absolute Gasteiger partial charge is 0.306 e. The number of benzene rings is 2. The van der Waals surface area contributed by atoms with Crippen LogP contribution in [0, 0.1) is 12.8 Å². The van der Waals surface area contributed by atoms with Gasteiger partial charge in [-0.1, -0.05) is 38.1 Å². The molecule has 2 aromatic carbocycles. The number of carbonyl (C=O) groups excluding carboxylic acids is 3. The number of aryl methyl sites for hydroxylation is 1. The van der Waals surface area contributed by atoms with Gasteiger partial charge in [-0.05, 0) is 49.1 Å². The summed E-state index contributed by atoms with van der Waals surface area (Å²) in [5.74, 6) is -0.189. The fraction of sp³-hybridized carbons (Fsp3) is 0.375. The lowest BCUT2D eigenvalue weighted by atomic mass is 10.1. The van der Waals surface area contributed by atoms with Gasteiger partial charge in [-0.3, -0.25) is 14.4 Å². The van der Waals surface area contributed by atoms with Crippen molar-refractivity contribution in [1.82, 2.24) is 5.32 Å². The normalized spacial score (nSPS) is 10.5. The molecule has 0 heterocycles. The standard InChI is InChI=1S/C24H30N2O5/c1-17(2)15-25-24(29)20-10-4-5-11-21(20)26-22(27)16-31-23(28)12-7-13-30-19-9-6-8-18(3)14-19/h4-6,8-11,14,17H,7,12-13,15-16H2,1-3H3,(H,25,29)(H,26,27). The summed E-state index contributed by atoms with van der Waals surface area (Å²) in [7, 11) is 0. The van der Waals surface area contributed by atoms with Crippen LogP contribution in [-0.2, 0) is 14.3 Å². The maximum Gasteiger partial charge on any atom is 0.306 e. The van der Waals surface area contributed by atoms with E-state index in [2.05, 4.69) is 10.6 Å². The van der Waals surface area contributed by atoms with Crippen molar-refractivity contribution in [2.75, 3.05) is 25.1 Å².